The van der Waals surface area contributed by atoms with Crippen molar-refractivity contribution >= 4 is 17.6 Å². The predicted molar refractivity (Wildman–Crippen MR) is 76.5 cm³/mol. The van der Waals surface area contributed by atoms with Gasteiger partial charge in [-0.05, 0) is 32.9 Å². The first-order chi connectivity index (χ1) is 10.0. The van der Waals surface area contributed by atoms with Crippen molar-refractivity contribution in [1.29, 1.82) is 0 Å². The highest BCUT2D eigenvalue weighted by Gasteiger charge is 2.24. The maximum atomic E-state index is 12.1. The first-order valence-corrected chi connectivity index (χ1v) is 7.01. The lowest BCUT2D eigenvalue weighted by Gasteiger charge is -2.33. The molecule has 2 amide bonds. The molecule has 0 bridgehead atoms. The molecule has 0 saturated carbocycles. The molecule has 0 atom stereocenters. The van der Waals surface area contributed by atoms with Crippen LogP contribution in [0, 0.1) is 6.92 Å². The SMILES string of the molecule is Cc1cc(NC(=O)CN(CC(N)=O)C2CCNCC2)no1. The fraction of sp³-hybridized carbons (Fsp3) is 0.615. The van der Waals surface area contributed by atoms with E-state index in [1.54, 1.807) is 13.0 Å². The number of aromatic nitrogens is 1. The Hall–Kier alpha value is -1.93. The number of rotatable bonds is 6. The Balaban J connectivity index is 1.93. The highest BCUT2D eigenvalue weighted by Crippen LogP contribution is 2.12. The highest BCUT2D eigenvalue weighted by molar-refractivity contribution is 5.91. The van der Waals surface area contributed by atoms with Crippen LogP contribution >= 0.6 is 0 Å². The van der Waals surface area contributed by atoms with Crippen molar-refractivity contribution in [3.8, 4) is 0 Å². The zero-order valence-corrected chi connectivity index (χ0v) is 12.1. The van der Waals surface area contributed by atoms with Crippen LogP contribution in [0.1, 0.15) is 18.6 Å². The summed E-state index contributed by atoms with van der Waals surface area (Å²) in [4.78, 5) is 25.1. The lowest BCUT2D eigenvalue weighted by atomic mass is 10.0. The van der Waals surface area contributed by atoms with Crippen molar-refractivity contribution in [1.82, 2.24) is 15.4 Å². The van der Waals surface area contributed by atoms with Crippen LogP contribution in [-0.2, 0) is 9.59 Å². The van der Waals surface area contributed by atoms with E-state index in [2.05, 4.69) is 15.8 Å². The number of primary amides is 1. The third-order valence-corrected chi connectivity index (χ3v) is 3.43. The Morgan fingerprint density at radius 2 is 2.19 bits per heavy atom. The molecule has 1 aliphatic heterocycles. The number of amides is 2. The van der Waals surface area contributed by atoms with Gasteiger partial charge in [-0.15, -0.1) is 0 Å². The predicted octanol–water partition coefficient (Wildman–Crippen LogP) is -0.539. The molecule has 2 heterocycles. The summed E-state index contributed by atoms with van der Waals surface area (Å²) in [7, 11) is 0. The molecule has 0 aliphatic carbocycles. The molecule has 4 N–H and O–H groups in total. The minimum absolute atomic E-state index is 0.0793. The summed E-state index contributed by atoms with van der Waals surface area (Å²) in [5.74, 6) is 0.334. The number of aryl methyl sites for hydroxylation is 1. The molecule has 0 spiro atoms. The van der Waals surface area contributed by atoms with Gasteiger partial charge in [-0.3, -0.25) is 14.5 Å². The molecular weight excluding hydrogens is 274 g/mol. The number of nitrogens with zero attached hydrogens (tertiary/aromatic N) is 2. The standard InChI is InChI=1S/C13H21N5O3/c1-9-6-12(17-21-9)16-13(20)8-18(7-11(14)19)10-2-4-15-5-3-10/h6,10,15H,2-5,7-8H2,1H3,(H2,14,19)(H,16,17,20). The van der Waals surface area contributed by atoms with Gasteiger partial charge in [0.1, 0.15) is 5.76 Å². The molecule has 21 heavy (non-hydrogen) atoms. The van der Waals surface area contributed by atoms with Gasteiger partial charge in [-0.1, -0.05) is 5.16 Å². The van der Waals surface area contributed by atoms with Crippen LogP contribution < -0.4 is 16.4 Å². The Morgan fingerprint density at radius 3 is 2.76 bits per heavy atom. The van der Waals surface area contributed by atoms with Gasteiger partial charge in [0.2, 0.25) is 11.8 Å². The van der Waals surface area contributed by atoms with Crippen LogP contribution in [-0.4, -0.2) is 54.1 Å². The minimum Gasteiger partial charge on any atom is -0.369 e. The summed E-state index contributed by atoms with van der Waals surface area (Å²) >= 11 is 0. The van der Waals surface area contributed by atoms with E-state index in [0.29, 0.717) is 11.6 Å². The van der Waals surface area contributed by atoms with Gasteiger partial charge in [-0.2, -0.15) is 0 Å². The Bertz CT molecular complexity index is 496. The van der Waals surface area contributed by atoms with Gasteiger partial charge >= 0.3 is 0 Å². The second kappa shape index (κ2) is 7.19. The highest BCUT2D eigenvalue weighted by atomic mass is 16.5. The van der Waals surface area contributed by atoms with E-state index in [-0.39, 0.29) is 25.0 Å². The molecule has 8 heteroatoms. The van der Waals surface area contributed by atoms with Gasteiger partial charge in [0.15, 0.2) is 5.82 Å². The van der Waals surface area contributed by atoms with Crippen LogP contribution in [0.3, 0.4) is 0 Å². The average molecular weight is 295 g/mol. The van der Waals surface area contributed by atoms with E-state index in [0.717, 1.165) is 25.9 Å². The Labute approximate surface area is 123 Å². The van der Waals surface area contributed by atoms with E-state index < -0.39 is 5.91 Å². The molecule has 0 radical (unpaired) electrons. The van der Waals surface area contributed by atoms with Gasteiger partial charge in [-0.25, -0.2) is 0 Å². The fourth-order valence-electron chi connectivity index (χ4n) is 2.48. The zero-order valence-electron chi connectivity index (χ0n) is 12.1. The number of hydrogen-bond donors (Lipinski definition) is 3. The summed E-state index contributed by atoms with van der Waals surface area (Å²) in [5, 5.41) is 9.61. The minimum atomic E-state index is -0.432. The lowest BCUT2D eigenvalue weighted by molar-refractivity contribution is -0.122. The lowest BCUT2D eigenvalue weighted by Crippen LogP contribution is -2.49. The topological polar surface area (TPSA) is 113 Å². The number of nitrogens with one attached hydrogen (secondary N) is 2. The van der Waals surface area contributed by atoms with Gasteiger partial charge in [0, 0.05) is 12.1 Å². The number of carbonyl (C=O) groups is 2. The number of nitrogens with two attached hydrogens (primary N) is 1. The van der Waals surface area contributed by atoms with Crippen LogP contribution in [0.15, 0.2) is 10.6 Å². The number of anilines is 1. The summed E-state index contributed by atoms with van der Waals surface area (Å²) < 4.78 is 4.89. The largest absolute Gasteiger partial charge is 0.369 e. The second-order valence-electron chi connectivity index (χ2n) is 5.22. The molecule has 1 saturated heterocycles. The fourth-order valence-corrected chi connectivity index (χ4v) is 2.48. The van der Waals surface area contributed by atoms with Crippen molar-refractivity contribution in [3.63, 3.8) is 0 Å². The Morgan fingerprint density at radius 1 is 1.48 bits per heavy atom. The molecule has 8 nitrogen and oxygen atoms in total. The second-order valence-corrected chi connectivity index (χ2v) is 5.22. The van der Waals surface area contributed by atoms with Gasteiger partial charge < -0.3 is 20.9 Å². The van der Waals surface area contributed by atoms with E-state index in [4.69, 9.17) is 10.3 Å². The maximum absolute atomic E-state index is 12.1. The third-order valence-electron chi connectivity index (χ3n) is 3.43. The molecule has 0 aromatic carbocycles. The zero-order chi connectivity index (χ0) is 15.2. The quantitative estimate of drug-likeness (QED) is 0.649. The summed E-state index contributed by atoms with van der Waals surface area (Å²) in [5.41, 5.74) is 5.28. The van der Waals surface area contributed by atoms with Crippen LogP contribution in [0.25, 0.3) is 0 Å². The van der Waals surface area contributed by atoms with Crippen LogP contribution in [0.2, 0.25) is 0 Å². The number of piperidine rings is 1. The summed E-state index contributed by atoms with van der Waals surface area (Å²) in [6.45, 7) is 3.70. The molecule has 1 fully saturated rings. The normalized spacial score (nSPS) is 16.1. The summed E-state index contributed by atoms with van der Waals surface area (Å²) in [6.07, 6.45) is 1.78. The van der Waals surface area contributed by atoms with E-state index in [9.17, 15) is 9.59 Å². The van der Waals surface area contributed by atoms with Crippen molar-refractivity contribution in [2.45, 2.75) is 25.8 Å². The van der Waals surface area contributed by atoms with E-state index in [1.807, 2.05) is 4.90 Å². The first-order valence-electron chi connectivity index (χ1n) is 7.01. The van der Waals surface area contributed by atoms with Gasteiger partial charge in [0.25, 0.3) is 0 Å². The van der Waals surface area contributed by atoms with Crippen molar-refractivity contribution in [2.75, 3.05) is 31.5 Å². The van der Waals surface area contributed by atoms with Crippen molar-refractivity contribution < 1.29 is 14.1 Å². The monoisotopic (exact) mass is 295 g/mol. The van der Waals surface area contributed by atoms with E-state index in [1.165, 1.54) is 0 Å². The van der Waals surface area contributed by atoms with Crippen molar-refractivity contribution in [2.24, 2.45) is 5.73 Å². The molecular formula is C13H21N5O3. The summed E-state index contributed by atoms with van der Waals surface area (Å²) in [6, 6.07) is 1.82. The average Bonchev–Trinajstić information content (AvgIpc) is 2.83. The smallest absolute Gasteiger partial charge is 0.239 e. The van der Waals surface area contributed by atoms with Gasteiger partial charge in [0.05, 0.1) is 13.1 Å². The third kappa shape index (κ3) is 4.83. The van der Waals surface area contributed by atoms with Crippen molar-refractivity contribution in [3.05, 3.63) is 11.8 Å². The molecule has 1 aromatic heterocycles. The molecule has 1 aromatic rings. The van der Waals surface area contributed by atoms with Crippen LogP contribution in [0.5, 0.6) is 0 Å². The molecule has 1 aliphatic rings. The maximum Gasteiger partial charge on any atom is 0.239 e. The number of carbonyl (C=O) groups excluding carboxylic acids is 2. The Kier molecular flexibility index (Phi) is 5.29. The first kappa shape index (κ1) is 15.5. The molecule has 0 unspecified atom stereocenters. The van der Waals surface area contributed by atoms with E-state index >= 15 is 0 Å². The molecule has 116 valence electrons. The molecule has 2 rings (SSSR count). The number of hydrogen-bond acceptors (Lipinski definition) is 6. The van der Waals surface area contributed by atoms with Crippen LogP contribution in [0.4, 0.5) is 5.82 Å².